The highest BCUT2D eigenvalue weighted by atomic mass is 16.3. The van der Waals surface area contributed by atoms with E-state index in [1.165, 1.54) is 31.2 Å². The lowest BCUT2D eigenvalue weighted by Crippen LogP contribution is -2.31. The Morgan fingerprint density at radius 1 is 1.18 bits per heavy atom. The number of aliphatic hydroxyl groups is 1. The molecule has 0 bridgehead atoms. The van der Waals surface area contributed by atoms with Gasteiger partial charge in [-0.25, -0.2) is 0 Å². The quantitative estimate of drug-likeness (QED) is 0.867. The fourth-order valence-corrected chi connectivity index (χ4v) is 2.87. The van der Waals surface area contributed by atoms with Crippen LogP contribution in [0, 0.1) is 0 Å². The maximum absolute atomic E-state index is 9.17. The first-order valence-corrected chi connectivity index (χ1v) is 6.57. The average molecular weight is 233 g/mol. The summed E-state index contributed by atoms with van der Waals surface area (Å²) in [5.41, 5.74) is 2.45. The lowest BCUT2D eigenvalue weighted by atomic mass is 9.81. The number of aliphatic hydroxyl groups excluding tert-OH is 1. The van der Waals surface area contributed by atoms with Gasteiger partial charge in [-0.05, 0) is 56.8 Å². The van der Waals surface area contributed by atoms with E-state index in [0.29, 0.717) is 5.92 Å². The summed E-state index contributed by atoms with van der Waals surface area (Å²) in [6.07, 6.45) is 5.14. The zero-order valence-corrected chi connectivity index (χ0v) is 10.9. The van der Waals surface area contributed by atoms with Crippen molar-refractivity contribution in [2.45, 2.75) is 44.2 Å². The highest BCUT2D eigenvalue weighted by Gasteiger charge is 2.23. The van der Waals surface area contributed by atoms with Gasteiger partial charge >= 0.3 is 0 Å². The molecule has 1 fully saturated rings. The van der Waals surface area contributed by atoms with E-state index in [1.54, 1.807) is 0 Å². The Kier molecular flexibility index (Phi) is 4.19. The first-order chi connectivity index (χ1) is 8.20. The van der Waals surface area contributed by atoms with Gasteiger partial charge in [-0.2, -0.15) is 0 Å². The standard InChI is InChI=1S/C15H23NO/c1-16(2)15-8-6-13(7-9-15)14-5-3-4-12(10-14)11-17/h3-5,10,13,15,17H,6-9,11H2,1-2H3. The average Bonchev–Trinajstić information content (AvgIpc) is 2.39. The highest BCUT2D eigenvalue weighted by Crippen LogP contribution is 2.34. The third-order valence-electron chi connectivity index (χ3n) is 4.03. The second kappa shape index (κ2) is 5.65. The molecule has 1 aromatic carbocycles. The summed E-state index contributed by atoms with van der Waals surface area (Å²) in [6.45, 7) is 0.154. The zero-order chi connectivity index (χ0) is 12.3. The van der Waals surface area contributed by atoms with E-state index in [4.69, 9.17) is 5.11 Å². The van der Waals surface area contributed by atoms with E-state index >= 15 is 0 Å². The Labute approximate surface area is 104 Å². The van der Waals surface area contributed by atoms with E-state index in [-0.39, 0.29) is 6.61 Å². The van der Waals surface area contributed by atoms with E-state index in [1.807, 2.05) is 6.07 Å². The molecule has 1 aliphatic carbocycles. The molecule has 0 spiro atoms. The molecular weight excluding hydrogens is 210 g/mol. The summed E-state index contributed by atoms with van der Waals surface area (Å²) < 4.78 is 0. The van der Waals surface area contributed by atoms with Gasteiger partial charge in [-0.15, -0.1) is 0 Å². The maximum Gasteiger partial charge on any atom is 0.0681 e. The molecule has 0 saturated heterocycles. The number of hydrogen-bond donors (Lipinski definition) is 1. The molecule has 2 heteroatoms. The molecule has 1 aliphatic rings. The molecule has 0 aliphatic heterocycles. The smallest absolute Gasteiger partial charge is 0.0681 e. The Morgan fingerprint density at radius 2 is 1.88 bits per heavy atom. The fourth-order valence-electron chi connectivity index (χ4n) is 2.87. The van der Waals surface area contributed by atoms with Crippen LogP contribution in [0.15, 0.2) is 24.3 Å². The Balaban J connectivity index is 2.00. The van der Waals surface area contributed by atoms with E-state index in [9.17, 15) is 0 Å². The van der Waals surface area contributed by atoms with E-state index in [0.717, 1.165) is 11.6 Å². The highest BCUT2D eigenvalue weighted by molar-refractivity contribution is 5.26. The largest absolute Gasteiger partial charge is 0.392 e. The van der Waals surface area contributed by atoms with Gasteiger partial charge in [0, 0.05) is 6.04 Å². The molecule has 1 saturated carbocycles. The van der Waals surface area contributed by atoms with E-state index in [2.05, 4.69) is 37.2 Å². The van der Waals surface area contributed by atoms with Crippen LogP contribution in [0.25, 0.3) is 0 Å². The summed E-state index contributed by atoms with van der Waals surface area (Å²) in [4.78, 5) is 2.35. The van der Waals surface area contributed by atoms with Crippen LogP contribution in [-0.2, 0) is 6.61 Å². The van der Waals surface area contributed by atoms with Crippen molar-refractivity contribution in [1.82, 2.24) is 4.90 Å². The Bertz CT molecular complexity index is 354. The number of hydrogen-bond acceptors (Lipinski definition) is 2. The number of nitrogens with zero attached hydrogens (tertiary/aromatic N) is 1. The molecule has 94 valence electrons. The minimum absolute atomic E-state index is 0.154. The van der Waals surface area contributed by atoms with Crippen LogP contribution in [0.3, 0.4) is 0 Å². The van der Waals surface area contributed by atoms with Gasteiger partial charge in [0.1, 0.15) is 0 Å². The molecule has 1 aromatic rings. The summed E-state index contributed by atoms with van der Waals surface area (Å²) >= 11 is 0. The summed E-state index contributed by atoms with van der Waals surface area (Å²) in [5, 5.41) is 9.17. The lowest BCUT2D eigenvalue weighted by Gasteiger charge is -2.33. The van der Waals surface area contributed by atoms with Crippen molar-refractivity contribution in [3.05, 3.63) is 35.4 Å². The van der Waals surface area contributed by atoms with Crippen LogP contribution in [0.4, 0.5) is 0 Å². The topological polar surface area (TPSA) is 23.5 Å². The molecule has 1 N–H and O–H groups in total. The molecule has 0 unspecified atom stereocenters. The maximum atomic E-state index is 9.17. The van der Waals surface area contributed by atoms with Crippen LogP contribution < -0.4 is 0 Å². The monoisotopic (exact) mass is 233 g/mol. The van der Waals surface area contributed by atoms with Gasteiger partial charge in [-0.1, -0.05) is 24.3 Å². The minimum Gasteiger partial charge on any atom is -0.392 e. The summed E-state index contributed by atoms with van der Waals surface area (Å²) in [7, 11) is 4.36. The molecule has 2 rings (SSSR count). The van der Waals surface area contributed by atoms with Gasteiger partial charge in [-0.3, -0.25) is 0 Å². The van der Waals surface area contributed by atoms with Crippen LogP contribution in [-0.4, -0.2) is 30.1 Å². The predicted molar refractivity (Wildman–Crippen MR) is 71.0 cm³/mol. The van der Waals surface area contributed by atoms with Crippen molar-refractivity contribution >= 4 is 0 Å². The lowest BCUT2D eigenvalue weighted by molar-refractivity contribution is 0.216. The molecular formula is C15H23NO. The molecule has 2 nitrogen and oxygen atoms in total. The molecule has 0 radical (unpaired) electrons. The Morgan fingerprint density at radius 3 is 2.47 bits per heavy atom. The van der Waals surface area contributed by atoms with Gasteiger partial charge in [0.05, 0.1) is 6.61 Å². The molecule has 0 aromatic heterocycles. The van der Waals surface area contributed by atoms with Crippen LogP contribution in [0.1, 0.15) is 42.7 Å². The van der Waals surface area contributed by atoms with E-state index < -0.39 is 0 Å². The van der Waals surface area contributed by atoms with Crippen molar-refractivity contribution in [3.63, 3.8) is 0 Å². The van der Waals surface area contributed by atoms with Crippen LogP contribution >= 0.6 is 0 Å². The molecule has 17 heavy (non-hydrogen) atoms. The molecule has 0 heterocycles. The minimum atomic E-state index is 0.154. The first kappa shape index (κ1) is 12.6. The Hall–Kier alpha value is -0.860. The summed E-state index contributed by atoms with van der Waals surface area (Å²) in [5.74, 6) is 0.692. The molecule has 0 amide bonds. The van der Waals surface area contributed by atoms with Gasteiger partial charge < -0.3 is 10.0 Å². The van der Waals surface area contributed by atoms with Crippen molar-refractivity contribution in [1.29, 1.82) is 0 Å². The van der Waals surface area contributed by atoms with Crippen molar-refractivity contribution in [2.75, 3.05) is 14.1 Å². The van der Waals surface area contributed by atoms with Gasteiger partial charge in [0.15, 0.2) is 0 Å². The second-order valence-electron chi connectivity index (χ2n) is 5.37. The number of rotatable bonds is 3. The third-order valence-corrected chi connectivity index (χ3v) is 4.03. The first-order valence-electron chi connectivity index (χ1n) is 6.57. The van der Waals surface area contributed by atoms with Crippen LogP contribution in [0.2, 0.25) is 0 Å². The number of benzene rings is 1. The van der Waals surface area contributed by atoms with Crippen molar-refractivity contribution < 1.29 is 5.11 Å². The van der Waals surface area contributed by atoms with Gasteiger partial charge in [0.2, 0.25) is 0 Å². The normalized spacial score (nSPS) is 25.2. The predicted octanol–water partition coefficient (Wildman–Crippen LogP) is 2.77. The summed E-state index contributed by atoms with van der Waals surface area (Å²) in [6, 6.07) is 9.20. The van der Waals surface area contributed by atoms with Crippen molar-refractivity contribution in [3.8, 4) is 0 Å². The molecule has 0 atom stereocenters. The SMILES string of the molecule is CN(C)C1CCC(c2cccc(CO)c2)CC1. The van der Waals surface area contributed by atoms with Crippen LogP contribution in [0.5, 0.6) is 0 Å². The fraction of sp³-hybridized carbons (Fsp3) is 0.600. The van der Waals surface area contributed by atoms with Gasteiger partial charge in [0.25, 0.3) is 0 Å². The second-order valence-corrected chi connectivity index (χ2v) is 5.37. The van der Waals surface area contributed by atoms with Crippen molar-refractivity contribution in [2.24, 2.45) is 0 Å². The third kappa shape index (κ3) is 3.08. The zero-order valence-electron chi connectivity index (χ0n) is 10.9.